The van der Waals surface area contributed by atoms with Crippen LogP contribution in [0.4, 0.5) is 0 Å². The van der Waals surface area contributed by atoms with Gasteiger partial charge in [0.15, 0.2) is 0 Å². The Kier molecular flexibility index (Phi) is 5.98. The molecule has 0 bridgehead atoms. The number of aromatic carboxylic acids is 1. The second-order valence-electron chi connectivity index (χ2n) is 5.49. The van der Waals surface area contributed by atoms with Crippen molar-refractivity contribution in [2.75, 3.05) is 6.54 Å². The van der Waals surface area contributed by atoms with Gasteiger partial charge in [-0.15, -0.1) is 0 Å². The number of hydrogen-bond donors (Lipinski definition) is 2. The maximum Gasteiger partial charge on any atom is 0.352 e. The Labute approximate surface area is 126 Å². The lowest BCUT2D eigenvalue weighted by Gasteiger charge is -2.30. The van der Waals surface area contributed by atoms with Crippen LogP contribution in [0.1, 0.15) is 51.0 Å². The zero-order valence-electron chi connectivity index (χ0n) is 13.0. The molecule has 0 aliphatic rings. The molecular formula is C14H24N2O4S. The second-order valence-corrected chi connectivity index (χ2v) is 7.38. The van der Waals surface area contributed by atoms with Crippen LogP contribution in [0.3, 0.4) is 0 Å². The van der Waals surface area contributed by atoms with Gasteiger partial charge >= 0.3 is 5.97 Å². The quantitative estimate of drug-likeness (QED) is 0.771. The molecule has 0 saturated heterocycles. The fourth-order valence-electron chi connectivity index (χ4n) is 2.28. The van der Waals surface area contributed by atoms with Gasteiger partial charge in [0.05, 0.1) is 0 Å². The number of carbonyl (C=O) groups is 1. The van der Waals surface area contributed by atoms with Crippen LogP contribution in [0.2, 0.25) is 0 Å². The highest BCUT2D eigenvalue weighted by Gasteiger charge is 2.31. The van der Waals surface area contributed by atoms with E-state index in [1.54, 1.807) is 0 Å². The van der Waals surface area contributed by atoms with Crippen molar-refractivity contribution >= 4 is 16.0 Å². The summed E-state index contributed by atoms with van der Waals surface area (Å²) in [6.07, 6.45) is 2.69. The van der Waals surface area contributed by atoms with Gasteiger partial charge in [-0.25, -0.2) is 13.2 Å². The number of carboxylic acids is 1. The van der Waals surface area contributed by atoms with Crippen LogP contribution in [0.15, 0.2) is 17.2 Å². The number of aromatic amines is 1. The van der Waals surface area contributed by atoms with E-state index in [0.717, 1.165) is 12.8 Å². The van der Waals surface area contributed by atoms with E-state index in [4.69, 9.17) is 5.11 Å². The van der Waals surface area contributed by atoms with Crippen molar-refractivity contribution in [3.63, 3.8) is 0 Å². The highest BCUT2D eigenvalue weighted by atomic mass is 32.2. The van der Waals surface area contributed by atoms with Crippen molar-refractivity contribution in [2.45, 2.75) is 51.5 Å². The van der Waals surface area contributed by atoms with Crippen LogP contribution in [0, 0.1) is 5.92 Å². The number of aromatic nitrogens is 1. The fraction of sp³-hybridized carbons (Fsp3) is 0.643. The van der Waals surface area contributed by atoms with Gasteiger partial charge < -0.3 is 10.1 Å². The number of carboxylic acid groups (broad SMARTS) is 1. The average Bonchev–Trinajstić information content (AvgIpc) is 2.89. The lowest BCUT2D eigenvalue weighted by molar-refractivity contribution is 0.0691. The van der Waals surface area contributed by atoms with Crippen molar-refractivity contribution in [3.8, 4) is 0 Å². The molecule has 1 aromatic rings. The topological polar surface area (TPSA) is 90.5 Å². The summed E-state index contributed by atoms with van der Waals surface area (Å²) in [6, 6.07) is 1.09. The number of hydrogen-bond acceptors (Lipinski definition) is 3. The van der Waals surface area contributed by atoms with Gasteiger partial charge in [-0.1, -0.05) is 27.7 Å². The maximum absolute atomic E-state index is 12.8. The third-order valence-corrected chi connectivity index (χ3v) is 5.28. The van der Waals surface area contributed by atoms with E-state index in [9.17, 15) is 13.2 Å². The fourth-order valence-corrected chi connectivity index (χ4v) is 4.21. The molecule has 0 radical (unpaired) electrons. The number of nitrogens with one attached hydrogen (secondary N) is 1. The summed E-state index contributed by atoms with van der Waals surface area (Å²) in [6.45, 7) is 8.26. The molecule has 1 aromatic heterocycles. The Morgan fingerprint density at radius 2 is 1.90 bits per heavy atom. The second kappa shape index (κ2) is 7.09. The first-order valence-corrected chi connectivity index (χ1v) is 8.61. The number of nitrogens with zero attached hydrogens (tertiary/aromatic N) is 1. The van der Waals surface area contributed by atoms with E-state index in [-0.39, 0.29) is 22.5 Å². The van der Waals surface area contributed by atoms with E-state index in [0.29, 0.717) is 6.54 Å². The van der Waals surface area contributed by atoms with Gasteiger partial charge in [0, 0.05) is 18.8 Å². The summed E-state index contributed by atoms with van der Waals surface area (Å²) in [7, 11) is -3.69. The van der Waals surface area contributed by atoms with Crippen LogP contribution in [0.5, 0.6) is 0 Å². The summed E-state index contributed by atoms with van der Waals surface area (Å²) >= 11 is 0. The molecule has 0 fully saturated rings. The summed E-state index contributed by atoms with van der Waals surface area (Å²) in [5, 5.41) is 8.91. The average molecular weight is 316 g/mol. The first-order chi connectivity index (χ1) is 9.73. The van der Waals surface area contributed by atoms with E-state index < -0.39 is 16.0 Å². The molecule has 1 heterocycles. The van der Waals surface area contributed by atoms with Gasteiger partial charge in [-0.3, -0.25) is 0 Å². The summed E-state index contributed by atoms with van der Waals surface area (Å²) in [5.74, 6) is -0.979. The highest BCUT2D eigenvalue weighted by molar-refractivity contribution is 7.89. The van der Waals surface area contributed by atoms with Gasteiger partial charge in [0.25, 0.3) is 0 Å². The molecule has 0 spiro atoms. The molecule has 0 atom stereocenters. The first-order valence-electron chi connectivity index (χ1n) is 7.17. The molecule has 6 nitrogen and oxygen atoms in total. The van der Waals surface area contributed by atoms with Crippen LogP contribution in [0.25, 0.3) is 0 Å². The molecule has 21 heavy (non-hydrogen) atoms. The van der Waals surface area contributed by atoms with Crippen molar-refractivity contribution in [1.29, 1.82) is 0 Å². The van der Waals surface area contributed by atoms with E-state index in [2.05, 4.69) is 4.98 Å². The van der Waals surface area contributed by atoms with E-state index in [1.807, 2.05) is 27.7 Å². The summed E-state index contributed by atoms with van der Waals surface area (Å²) < 4.78 is 27.0. The molecule has 1 rings (SSSR count). The lowest BCUT2D eigenvalue weighted by Crippen LogP contribution is -2.41. The van der Waals surface area contributed by atoms with Crippen molar-refractivity contribution < 1.29 is 18.3 Å². The minimum absolute atomic E-state index is 0.00690. The monoisotopic (exact) mass is 316 g/mol. The van der Waals surface area contributed by atoms with Gasteiger partial charge in [0.2, 0.25) is 10.0 Å². The molecule has 7 heteroatoms. The first kappa shape index (κ1) is 17.7. The minimum atomic E-state index is -3.69. The Morgan fingerprint density at radius 1 is 1.33 bits per heavy atom. The molecule has 0 amide bonds. The predicted molar refractivity (Wildman–Crippen MR) is 80.9 cm³/mol. The Morgan fingerprint density at radius 3 is 2.29 bits per heavy atom. The highest BCUT2D eigenvalue weighted by Crippen LogP contribution is 2.23. The maximum atomic E-state index is 12.8. The smallest absolute Gasteiger partial charge is 0.352 e. The van der Waals surface area contributed by atoms with Crippen LogP contribution >= 0.6 is 0 Å². The van der Waals surface area contributed by atoms with Gasteiger partial charge in [0.1, 0.15) is 10.6 Å². The zero-order chi connectivity index (χ0) is 16.2. The molecule has 2 N–H and O–H groups in total. The summed E-state index contributed by atoms with van der Waals surface area (Å²) in [4.78, 5) is 13.4. The van der Waals surface area contributed by atoms with Crippen LogP contribution < -0.4 is 0 Å². The molecular weight excluding hydrogens is 292 g/mol. The van der Waals surface area contributed by atoms with E-state index >= 15 is 0 Å². The Balaban J connectivity index is 3.21. The van der Waals surface area contributed by atoms with Crippen LogP contribution in [-0.2, 0) is 10.0 Å². The number of sulfonamides is 1. The SMILES string of the molecule is CCC(CC)N(CC(C)C)S(=O)(=O)c1c[nH]c(C(=O)O)c1. The third kappa shape index (κ3) is 4.07. The predicted octanol–water partition coefficient (Wildman–Crippen LogP) is 2.55. The molecule has 0 aliphatic heterocycles. The number of H-pyrrole nitrogens is 1. The molecule has 0 unspecified atom stereocenters. The normalized spacial score (nSPS) is 12.5. The van der Waals surface area contributed by atoms with Gasteiger partial charge in [-0.2, -0.15) is 4.31 Å². The molecule has 0 aromatic carbocycles. The number of rotatable bonds is 8. The van der Waals surface area contributed by atoms with Gasteiger partial charge in [-0.05, 0) is 24.8 Å². The molecule has 0 saturated carbocycles. The van der Waals surface area contributed by atoms with Crippen LogP contribution in [-0.4, -0.2) is 41.4 Å². The minimum Gasteiger partial charge on any atom is -0.477 e. The molecule has 120 valence electrons. The van der Waals surface area contributed by atoms with E-state index in [1.165, 1.54) is 16.6 Å². The Bertz CT molecular complexity index is 574. The zero-order valence-corrected chi connectivity index (χ0v) is 13.8. The summed E-state index contributed by atoms with van der Waals surface area (Å²) in [5.41, 5.74) is -0.123. The lowest BCUT2D eigenvalue weighted by atomic mass is 10.1. The molecule has 0 aliphatic carbocycles. The largest absolute Gasteiger partial charge is 0.477 e. The van der Waals surface area contributed by atoms with Crippen molar-refractivity contribution in [3.05, 3.63) is 18.0 Å². The van der Waals surface area contributed by atoms with Crippen molar-refractivity contribution in [2.24, 2.45) is 5.92 Å². The standard InChI is InChI=1S/C14H24N2O4S/c1-5-11(6-2)16(9-10(3)4)21(19,20)12-7-13(14(17)18)15-8-12/h7-8,10-11,15H,5-6,9H2,1-4H3,(H,17,18). The van der Waals surface area contributed by atoms with Crippen molar-refractivity contribution in [1.82, 2.24) is 9.29 Å². The Hall–Kier alpha value is -1.34. The third-order valence-electron chi connectivity index (χ3n) is 3.39.